The van der Waals surface area contributed by atoms with Gasteiger partial charge in [-0.2, -0.15) is 0 Å². The van der Waals surface area contributed by atoms with Crippen LogP contribution in [0, 0.1) is 0 Å². The number of benzene rings is 1. The summed E-state index contributed by atoms with van der Waals surface area (Å²) in [6.45, 7) is 0.603. The van der Waals surface area contributed by atoms with Crippen LogP contribution in [0.1, 0.15) is 23.2 Å². The first-order chi connectivity index (χ1) is 9.11. The van der Waals surface area contributed by atoms with E-state index < -0.39 is 12.1 Å². The summed E-state index contributed by atoms with van der Waals surface area (Å²) in [4.78, 5) is 23.3. The molecule has 1 N–H and O–H groups in total. The smallest absolute Gasteiger partial charge is 0.339 e. The molecule has 0 radical (unpaired) electrons. The van der Waals surface area contributed by atoms with Crippen molar-refractivity contribution in [2.24, 2.45) is 0 Å². The molecule has 0 bridgehead atoms. The third kappa shape index (κ3) is 3.24. The van der Waals surface area contributed by atoms with Gasteiger partial charge in [0.05, 0.1) is 17.7 Å². The van der Waals surface area contributed by atoms with Gasteiger partial charge < -0.3 is 14.8 Å². The molecule has 1 aliphatic heterocycles. The molecule has 1 atom stereocenters. The fourth-order valence-electron chi connectivity index (χ4n) is 1.88. The molecular weight excluding hydrogens is 270 g/mol. The van der Waals surface area contributed by atoms with Crippen molar-refractivity contribution in [3.63, 3.8) is 0 Å². The molecule has 1 aliphatic rings. The molecule has 1 aromatic rings. The number of halogens is 1. The second-order valence-electron chi connectivity index (χ2n) is 4.18. The molecule has 5 nitrogen and oxygen atoms in total. The number of rotatable bonds is 3. The molecule has 1 fully saturated rings. The van der Waals surface area contributed by atoms with Crippen molar-refractivity contribution in [1.29, 1.82) is 0 Å². The summed E-state index contributed by atoms with van der Waals surface area (Å²) in [5, 5.41) is 2.98. The van der Waals surface area contributed by atoms with Crippen LogP contribution in [0.5, 0.6) is 0 Å². The molecule has 1 amide bonds. The predicted octanol–water partition coefficient (Wildman–Crippen LogP) is 2.24. The Morgan fingerprint density at radius 3 is 2.89 bits per heavy atom. The lowest BCUT2D eigenvalue weighted by atomic mass is 10.2. The topological polar surface area (TPSA) is 64.6 Å². The van der Waals surface area contributed by atoms with Gasteiger partial charge in [0.2, 0.25) is 0 Å². The number of esters is 1. The first-order valence-corrected chi connectivity index (χ1v) is 6.30. The molecule has 0 aliphatic carbocycles. The van der Waals surface area contributed by atoms with Gasteiger partial charge in [-0.15, -0.1) is 0 Å². The third-order valence-corrected chi connectivity index (χ3v) is 3.19. The van der Waals surface area contributed by atoms with Crippen LogP contribution >= 0.6 is 11.6 Å². The van der Waals surface area contributed by atoms with Gasteiger partial charge in [0.15, 0.2) is 0 Å². The highest BCUT2D eigenvalue weighted by Gasteiger charge is 2.23. The number of carbonyl (C=O) groups is 2. The van der Waals surface area contributed by atoms with E-state index in [1.807, 2.05) is 0 Å². The second-order valence-corrected chi connectivity index (χ2v) is 4.58. The minimum absolute atomic E-state index is 0.212. The zero-order valence-corrected chi connectivity index (χ0v) is 11.2. The molecule has 1 unspecified atom stereocenters. The number of hydrogen-bond donors (Lipinski definition) is 1. The Bertz CT molecular complexity index is 497. The highest BCUT2D eigenvalue weighted by Crippen LogP contribution is 2.22. The summed E-state index contributed by atoms with van der Waals surface area (Å²) >= 11 is 5.90. The number of nitrogens with one attached hydrogen (secondary N) is 1. The number of methoxy groups -OCH3 is 1. The van der Waals surface area contributed by atoms with Gasteiger partial charge in [-0.3, -0.25) is 4.79 Å². The number of anilines is 1. The Kier molecular flexibility index (Phi) is 4.39. The summed E-state index contributed by atoms with van der Waals surface area (Å²) in [7, 11) is 1.27. The van der Waals surface area contributed by atoms with Crippen molar-refractivity contribution < 1.29 is 19.1 Å². The van der Waals surface area contributed by atoms with Crippen LogP contribution in [0.3, 0.4) is 0 Å². The van der Waals surface area contributed by atoms with E-state index in [9.17, 15) is 9.59 Å². The molecule has 0 saturated carbocycles. The monoisotopic (exact) mass is 283 g/mol. The van der Waals surface area contributed by atoms with Crippen LogP contribution in [-0.4, -0.2) is 31.7 Å². The lowest BCUT2D eigenvalue weighted by Gasteiger charge is -2.11. The fourth-order valence-corrected chi connectivity index (χ4v) is 2.07. The van der Waals surface area contributed by atoms with Gasteiger partial charge in [0.25, 0.3) is 5.91 Å². The Morgan fingerprint density at radius 1 is 1.47 bits per heavy atom. The molecule has 102 valence electrons. The normalized spacial score (nSPS) is 18.1. The Balaban J connectivity index is 2.12. The summed E-state index contributed by atoms with van der Waals surface area (Å²) in [6, 6.07) is 4.65. The fraction of sp³-hybridized carbons (Fsp3) is 0.385. The van der Waals surface area contributed by atoms with Crippen LogP contribution in [0.25, 0.3) is 0 Å². The largest absolute Gasteiger partial charge is 0.465 e. The quantitative estimate of drug-likeness (QED) is 0.864. The highest BCUT2D eigenvalue weighted by molar-refractivity contribution is 6.33. The van der Waals surface area contributed by atoms with Crippen LogP contribution < -0.4 is 5.32 Å². The maximum absolute atomic E-state index is 11.9. The Hall–Kier alpha value is -1.59. The van der Waals surface area contributed by atoms with Crippen molar-refractivity contribution in [3.05, 3.63) is 28.8 Å². The Labute approximate surface area is 115 Å². The van der Waals surface area contributed by atoms with Crippen molar-refractivity contribution in [2.45, 2.75) is 18.9 Å². The van der Waals surface area contributed by atoms with Gasteiger partial charge in [0.1, 0.15) is 6.10 Å². The zero-order valence-electron chi connectivity index (χ0n) is 10.4. The summed E-state index contributed by atoms with van der Waals surface area (Å²) in [6.07, 6.45) is 1.17. The summed E-state index contributed by atoms with van der Waals surface area (Å²) in [5.74, 6) is -0.756. The minimum Gasteiger partial charge on any atom is -0.465 e. The first-order valence-electron chi connectivity index (χ1n) is 5.92. The van der Waals surface area contributed by atoms with Gasteiger partial charge in [-0.1, -0.05) is 11.6 Å². The van der Waals surface area contributed by atoms with E-state index in [0.29, 0.717) is 18.7 Å². The molecule has 0 spiro atoms. The first kappa shape index (κ1) is 13.8. The van der Waals surface area contributed by atoms with E-state index in [1.54, 1.807) is 12.1 Å². The van der Waals surface area contributed by atoms with E-state index in [-0.39, 0.29) is 16.5 Å². The predicted molar refractivity (Wildman–Crippen MR) is 70.4 cm³/mol. The SMILES string of the molecule is COC(=O)c1cc(NC(=O)C2CCCO2)ccc1Cl. The molecular formula is C13H14ClNO4. The average molecular weight is 284 g/mol. The molecule has 0 aromatic heterocycles. The van der Waals surface area contributed by atoms with Crippen LogP contribution in [0.15, 0.2) is 18.2 Å². The number of amides is 1. The van der Waals surface area contributed by atoms with E-state index in [2.05, 4.69) is 10.1 Å². The number of hydrogen-bond acceptors (Lipinski definition) is 4. The van der Waals surface area contributed by atoms with Crippen molar-refractivity contribution in [1.82, 2.24) is 0 Å². The van der Waals surface area contributed by atoms with Crippen molar-refractivity contribution in [2.75, 3.05) is 19.0 Å². The van der Waals surface area contributed by atoms with E-state index >= 15 is 0 Å². The van der Waals surface area contributed by atoms with Gasteiger partial charge in [-0.05, 0) is 31.0 Å². The van der Waals surface area contributed by atoms with Gasteiger partial charge in [-0.25, -0.2) is 4.79 Å². The average Bonchev–Trinajstić information content (AvgIpc) is 2.94. The molecule has 19 heavy (non-hydrogen) atoms. The van der Waals surface area contributed by atoms with Crippen LogP contribution in [0.2, 0.25) is 5.02 Å². The number of carbonyl (C=O) groups excluding carboxylic acids is 2. The summed E-state index contributed by atoms with van der Waals surface area (Å²) < 4.78 is 9.90. The standard InChI is InChI=1S/C13H14ClNO4/c1-18-13(17)9-7-8(4-5-10(9)14)15-12(16)11-3-2-6-19-11/h4-5,7,11H,2-3,6H2,1H3,(H,15,16). The van der Waals surface area contributed by atoms with Crippen LogP contribution in [-0.2, 0) is 14.3 Å². The second kappa shape index (κ2) is 6.04. The minimum atomic E-state index is -0.543. The molecule has 1 heterocycles. The zero-order chi connectivity index (χ0) is 13.8. The summed E-state index contributed by atoms with van der Waals surface area (Å²) in [5.41, 5.74) is 0.708. The Morgan fingerprint density at radius 2 is 2.26 bits per heavy atom. The van der Waals surface area contributed by atoms with Gasteiger partial charge >= 0.3 is 5.97 Å². The maximum Gasteiger partial charge on any atom is 0.339 e. The molecule has 1 aromatic carbocycles. The van der Waals surface area contributed by atoms with Gasteiger partial charge in [0, 0.05) is 12.3 Å². The van der Waals surface area contributed by atoms with Crippen molar-refractivity contribution >= 4 is 29.2 Å². The lowest BCUT2D eigenvalue weighted by Crippen LogP contribution is -2.26. The van der Waals surface area contributed by atoms with E-state index in [1.165, 1.54) is 13.2 Å². The number of ether oxygens (including phenoxy) is 2. The molecule has 6 heteroatoms. The third-order valence-electron chi connectivity index (χ3n) is 2.86. The lowest BCUT2D eigenvalue weighted by molar-refractivity contribution is -0.124. The van der Waals surface area contributed by atoms with Crippen LogP contribution in [0.4, 0.5) is 5.69 Å². The highest BCUT2D eigenvalue weighted by atomic mass is 35.5. The molecule has 1 saturated heterocycles. The molecule has 2 rings (SSSR count). The van der Waals surface area contributed by atoms with E-state index in [0.717, 1.165) is 6.42 Å². The van der Waals surface area contributed by atoms with E-state index in [4.69, 9.17) is 16.3 Å². The maximum atomic E-state index is 11.9. The van der Waals surface area contributed by atoms with Crippen molar-refractivity contribution in [3.8, 4) is 0 Å².